The summed E-state index contributed by atoms with van der Waals surface area (Å²) in [5, 5.41) is 0.577. The second-order valence-corrected chi connectivity index (χ2v) is 4.89. The molecule has 1 aliphatic heterocycles. The Morgan fingerprint density at radius 3 is 3.07 bits per heavy atom. The Morgan fingerprint density at radius 2 is 2.43 bits per heavy atom. The van der Waals surface area contributed by atoms with Gasteiger partial charge in [-0.2, -0.15) is 0 Å². The smallest absolute Gasteiger partial charge is 0.305 e. The zero-order valence-corrected chi connectivity index (χ0v) is 9.04. The molecule has 0 saturated carbocycles. The minimum absolute atomic E-state index is 0.367. The van der Waals surface area contributed by atoms with Crippen LogP contribution < -0.4 is 0 Å². The first-order valence-corrected chi connectivity index (χ1v) is 6.10. The van der Waals surface area contributed by atoms with Gasteiger partial charge < -0.3 is 9.05 Å². The van der Waals surface area contributed by atoms with Crippen molar-refractivity contribution in [2.24, 2.45) is 0 Å². The Balaban J connectivity index is 2.65. The fourth-order valence-corrected chi connectivity index (χ4v) is 2.77. The van der Waals surface area contributed by atoms with Crippen molar-refractivity contribution in [2.75, 3.05) is 13.2 Å². The normalized spacial score (nSPS) is 26.7. The average Bonchev–Trinajstić information content (AvgIpc) is 2.19. The van der Waals surface area contributed by atoms with Gasteiger partial charge in [-0.15, -0.1) is 6.58 Å². The molecule has 14 heavy (non-hydrogen) atoms. The fourth-order valence-electron chi connectivity index (χ4n) is 1.13. The Morgan fingerprint density at radius 1 is 1.64 bits per heavy atom. The zero-order chi connectivity index (χ0) is 10.4. The van der Waals surface area contributed by atoms with Gasteiger partial charge >= 0.3 is 7.60 Å². The van der Waals surface area contributed by atoms with E-state index in [2.05, 4.69) is 13.2 Å². The van der Waals surface area contributed by atoms with Gasteiger partial charge in [0.05, 0.1) is 18.5 Å². The molecule has 0 saturated heterocycles. The molecule has 1 heterocycles. The minimum Gasteiger partial charge on any atom is -0.305 e. The van der Waals surface area contributed by atoms with Crippen LogP contribution >= 0.6 is 7.60 Å². The fraction of sp³-hybridized carbons (Fsp3) is 0.400. The second kappa shape index (κ2) is 5.30. The van der Waals surface area contributed by atoms with Gasteiger partial charge in [-0.25, -0.2) is 0 Å². The highest BCUT2D eigenvalue weighted by atomic mass is 31.2. The van der Waals surface area contributed by atoms with E-state index < -0.39 is 7.60 Å². The second-order valence-electron chi connectivity index (χ2n) is 2.86. The quantitative estimate of drug-likeness (QED) is 0.400. The Hall–Kier alpha value is -0.630. The maximum absolute atomic E-state index is 12.1. The van der Waals surface area contributed by atoms with Crippen molar-refractivity contribution < 1.29 is 13.6 Å². The van der Waals surface area contributed by atoms with Crippen LogP contribution in [0.3, 0.4) is 0 Å². The van der Waals surface area contributed by atoms with Gasteiger partial charge in [-0.05, 0) is 12.8 Å². The van der Waals surface area contributed by atoms with Crippen LogP contribution in [0.4, 0.5) is 0 Å². The average molecular weight is 214 g/mol. The molecule has 4 heteroatoms. The van der Waals surface area contributed by atoms with E-state index in [0.717, 1.165) is 6.42 Å². The summed E-state index contributed by atoms with van der Waals surface area (Å²) >= 11 is 0. The van der Waals surface area contributed by atoms with Crippen molar-refractivity contribution in [1.82, 2.24) is 0 Å². The minimum atomic E-state index is -3.06. The molecule has 1 atom stereocenters. The molecule has 0 aromatic rings. The monoisotopic (exact) mass is 214 g/mol. The zero-order valence-electron chi connectivity index (χ0n) is 8.15. The summed E-state index contributed by atoms with van der Waals surface area (Å²) in [6.45, 7) is 7.96. The van der Waals surface area contributed by atoms with Crippen LogP contribution in [-0.2, 0) is 13.6 Å². The lowest BCUT2D eigenvalue weighted by Crippen LogP contribution is -2.04. The van der Waals surface area contributed by atoms with E-state index in [1.165, 1.54) is 6.08 Å². The van der Waals surface area contributed by atoms with Crippen molar-refractivity contribution in [2.45, 2.75) is 12.8 Å². The first-order valence-electron chi connectivity index (χ1n) is 4.56. The summed E-state index contributed by atoms with van der Waals surface area (Å²) in [5.74, 6) is 0. The summed E-state index contributed by atoms with van der Waals surface area (Å²) in [5.41, 5.74) is 0. The van der Waals surface area contributed by atoms with Gasteiger partial charge in [-0.1, -0.05) is 24.8 Å². The lowest BCUT2D eigenvalue weighted by atomic mass is 10.4. The molecule has 1 unspecified atom stereocenters. The van der Waals surface area contributed by atoms with Gasteiger partial charge in [-0.3, -0.25) is 4.57 Å². The van der Waals surface area contributed by atoms with Gasteiger partial charge in [0.2, 0.25) is 0 Å². The molecule has 3 nitrogen and oxygen atoms in total. The highest BCUT2D eigenvalue weighted by Crippen LogP contribution is 2.58. The van der Waals surface area contributed by atoms with Gasteiger partial charge in [0.25, 0.3) is 0 Å². The molecule has 0 amide bonds. The predicted octanol–water partition coefficient (Wildman–Crippen LogP) is 3.26. The van der Waals surface area contributed by atoms with E-state index in [1.54, 1.807) is 6.08 Å². The first-order chi connectivity index (χ1) is 6.73. The standard InChI is InChI=1S/C10H15O3P/c1-3-5-8-12-14(11)10(4-2)7-6-9-13-14/h3-4,7H,1-2,5-6,8-9H2. The lowest BCUT2D eigenvalue weighted by Gasteiger charge is -2.22. The van der Waals surface area contributed by atoms with Gasteiger partial charge in [0.15, 0.2) is 0 Å². The maximum atomic E-state index is 12.1. The third kappa shape index (κ3) is 2.68. The van der Waals surface area contributed by atoms with Gasteiger partial charge in [0.1, 0.15) is 0 Å². The summed E-state index contributed by atoms with van der Waals surface area (Å²) in [6, 6.07) is 0. The van der Waals surface area contributed by atoms with E-state index in [4.69, 9.17) is 9.05 Å². The molecule has 0 aromatic carbocycles. The van der Waals surface area contributed by atoms with Crippen molar-refractivity contribution in [3.63, 3.8) is 0 Å². The molecule has 78 valence electrons. The van der Waals surface area contributed by atoms with Crippen molar-refractivity contribution in [3.05, 3.63) is 36.7 Å². The van der Waals surface area contributed by atoms with E-state index in [1.807, 2.05) is 6.08 Å². The molecule has 0 bridgehead atoms. The SMILES string of the molecule is C=CCCOP1(=O)OCCC=C1C=C. The van der Waals surface area contributed by atoms with Crippen molar-refractivity contribution >= 4 is 7.60 Å². The largest absolute Gasteiger partial charge is 0.361 e. The molecular formula is C10H15O3P. The molecule has 0 fully saturated rings. The lowest BCUT2D eigenvalue weighted by molar-refractivity contribution is 0.211. The number of hydrogen-bond donors (Lipinski definition) is 0. The molecule has 0 spiro atoms. The molecule has 1 aliphatic rings. The van der Waals surface area contributed by atoms with Crippen LogP contribution in [-0.4, -0.2) is 13.2 Å². The molecule has 1 rings (SSSR count). The summed E-state index contributed by atoms with van der Waals surface area (Å²) in [4.78, 5) is 0. The summed E-state index contributed by atoms with van der Waals surface area (Å²) in [6.07, 6.45) is 6.53. The summed E-state index contributed by atoms with van der Waals surface area (Å²) < 4.78 is 22.5. The topological polar surface area (TPSA) is 35.5 Å². The molecule has 0 aromatic heterocycles. The van der Waals surface area contributed by atoms with Crippen LogP contribution in [0.25, 0.3) is 0 Å². The Kier molecular flexibility index (Phi) is 4.33. The Labute approximate surface area is 84.6 Å². The predicted molar refractivity (Wildman–Crippen MR) is 57.2 cm³/mol. The van der Waals surface area contributed by atoms with E-state index in [0.29, 0.717) is 24.9 Å². The molecule has 0 radical (unpaired) electrons. The van der Waals surface area contributed by atoms with E-state index >= 15 is 0 Å². The Bertz CT molecular complexity index is 294. The van der Waals surface area contributed by atoms with E-state index in [9.17, 15) is 4.57 Å². The van der Waals surface area contributed by atoms with E-state index in [-0.39, 0.29) is 0 Å². The third-order valence-electron chi connectivity index (χ3n) is 1.84. The van der Waals surface area contributed by atoms with Crippen molar-refractivity contribution in [1.29, 1.82) is 0 Å². The maximum Gasteiger partial charge on any atom is 0.361 e. The van der Waals surface area contributed by atoms with Crippen LogP contribution in [0, 0.1) is 0 Å². The van der Waals surface area contributed by atoms with Crippen LogP contribution in [0.2, 0.25) is 0 Å². The molecule has 0 N–H and O–H groups in total. The van der Waals surface area contributed by atoms with Crippen molar-refractivity contribution in [3.8, 4) is 0 Å². The van der Waals surface area contributed by atoms with Crippen LogP contribution in [0.1, 0.15) is 12.8 Å². The van der Waals surface area contributed by atoms with Gasteiger partial charge in [0, 0.05) is 0 Å². The third-order valence-corrected chi connectivity index (χ3v) is 3.88. The summed E-state index contributed by atoms with van der Waals surface area (Å²) in [7, 11) is -3.06. The highest BCUT2D eigenvalue weighted by Gasteiger charge is 2.30. The van der Waals surface area contributed by atoms with Crippen LogP contribution in [0.5, 0.6) is 0 Å². The highest BCUT2D eigenvalue weighted by molar-refractivity contribution is 7.58. The number of allylic oxidation sites excluding steroid dienone is 2. The molecule has 0 aliphatic carbocycles. The molecular weight excluding hydrogens is 199 g/mol. The number of hydrogen-bond acceptors (Lipinski definition) is 3. The van der Waals surface area contributed by atoms with Crippen LogP contribution in [0.15, 0.2) is 36.7 Å². The first kappa shape index (κ1) is 11.4. The number of rotatable bonds is 5.